The van der Waals surface area contributed by atoms with E-state index in [1.54, 1.807) is 0 Å². The van der Waals surface area contributed by atoms with Crippen LogP contribution in [0.5, 0.6) is 0 Å². The van der Waals surface area contributed by atoms with Crippen LogP contribution < -0.4 is 0 Å². The number of esters is 2. The van der Waals surface area contributed by atoms with E-state index in [-0.39, 0.29) is 25.6 Å². The fourth-order valence-corrected chi connectivity index (χ4v) is 12.5. The third kappa shape index (κ3) is 81.4. The van der Waals surface area contributed by atoms with Gasteiger partial charge in [0.25, 0.3) is 0 Å². The van der Waals surface area contributed by atoms with Gasteiger partial charge in [-0.3, -0.25) is 18.6 Å². The van der Waals surface area contributed by atoms with Crippen LogP contribution in [0.15, 0.2) is 122 Å². The van der Waals surface area contributed by atoms with E-state index in [2.05, 4.69) is 135 Å². The maximum Gasteiger partial charge on any atom is 0.472 e. The molecule has 2 unspecified atom stereocenters. The van der Waals surface area contributed by atoms with Gasteiger partial charge in [0.15, 0.2) is 6.10 Å². The number of hydrogen-bond donors (Lipinski definition) is 1. The molecule has 10 heteroatoms. The van der Waals surface area contributed by atoms with Crippen molar-refractivity contribution in [1.82, 2.24) is 0 Å². The maximum absolute atomic E-state index is 12.9. The Balaban J connectivity index is 3.92. The predicted octanol–water partition coefficient (Wildman–Crippen LogP) is 27.7. The molecular weight excluding hydrogens is 1230 g/mol. The van der Waals surface area contributed by atoms with Crippen LogP contribution in [0, 0.1) is 0 Å². The molecule has 0 fully saturated rings. The topological polar surface area (TPSA) is 108 Å². The zero-order chi connectivity index (χ0) is 71.1. The van der Waals surface area contributed by atoms with Crippen LogP contribution in [0.25, 0.3) is 0 Å². The molecule has 0 aliphatic rings. The summed E-state index contributed by atoms with van der Waals surface area (Å²) in [4.78, 5) is 36.0. The minimum Gasteiger partial charge on any atom is -0.462 e. The van der Waals surface area contributed by atoms with E-state index in [9.17, 15) is 19.0 Å². The van der Waals surface area contributed by atoms with Crippen molar-refractivity contribution >= 4 is 19.8 Å². The minimum atomic E-state index is -4.40. The third-order valence-electron chi connectivity index (χ3n) is 18.0. The van der Waals surface area contributed by atoms with Gasteiger partial charge in [-0.05, 0) is 103 Å². The molecule has 0 saturated carbocycles. The zero-order valence-corrected chi connectivity index (χ0v) is 65.6. The highest BCUT2D eigenvalue weighted by Gasteiger charge is 2.27. The molecule has 9 nitrogen and oxygen atoms in total. The number of carbonyl (C=O) groups is 2. The van der Waals surface area contributed by atoms with Gasteiger partial charge in [0.05, 0.1) is 27.7 Å². The number of hydrogen-bond acceptors (Lipinski definition) is 7. The molecule has 0 aliphatic heterocycles. The molecule has 0 bridgehead atoms. The number of unbranched alkanes of at least 4 members (excludes halogenated alkanes) is 42. The number of quaternary nitrogens is 1. The van der Waals surface area contributed by atoms with E-state index < -0.39 is 26.5 Å². The molecule has 98 heavy (non-hydrogen) atoms. The van der Waals surface area contributed by atoms with Crippen LogP contribution in [-0.2, 0) is 32.7 Å². The van der Waals surface area contributed by atoms with Crippen LogP contribution in [0.1, 0.15) is 373 Å². The van der Waals surface area contributed by atoms with Gasteiger partial charge < -0.3 is 18.9 Å². The van der Waals surface area contributed by atoms with Crippen LogP contribution in [-0.4, -0.2) is 74.9 Å². The van der Waals surface area contributed by atoms with Gasteiger partial charge >= 0.3 is 19.8 Å². The number of ether oxygens (including phenoxy) is 2. The summed E-state index contributed by atoms with van der Waals surface area (Å²) in [6.07, 6.45) is 112. The quantitative estimate of drug-likeness (QED) is 0.0211. The third-order valence-corrected chi connectivity index (χ3v) is 19.0. The molecule has 0 radical (unpaired) electrons. The van der Waals surface area contributed by atoms with Gasteiger partial charge in [0, 0.05) is 12.8 Å². The fraction of sp³-hybridized carbons (Fsp3) is 0.750. The molecule has 0 aromatic rings. The molecule has 0 aromatic heterocycles. The van der Waals surface area contributed by atoms with E-state index in [4.69, 9.17) is 18.5 Å². The monoisotopic (exact) mass is 1390 g/mol. The normalized spacial score (nSPS) is 13.7. The number of nitrogens with zero attached hydrogens (tertiary/aromatic N) is 1. The molecule has 0 aliphatic carbocycles. The van der Waals surface area contributed by atoms with Crippen LogP contribution >= 0.6 is 7.82 Å². The Labute approximate surface area is 607 Å². The van der Waals surface area contributed by atoms with Crippen molar-refractivity contribution in [3.05, 3.63) is 122 Å². The number of rotatable bonds is 76. The second-order valence-electron chi connectivity index (χ2n) is 28.7. The largest absolute Gasteiger partial charge is 0.472 e. The SMILES string of the molecule is CC/C=C\C/C=C\C/C=C\C/C=C\C/C=C\C/C=C\CCCCCCCCCCCCCCCCCCCCCCC(=O)OC(COC(=O)CCCCCCCCCCCCCCCCCCCCCCCC/C=C\C/C=C\C/C=C\C/C=C\CC)COP(=O)(O)OCC[N+](C)(C)C. The zero-order valence-electron chi connectivity index (χ0n) is 64.8. The minimum absolute atomic E-state index is 0.0311. The first-order valence-electron chi connectivity index (χ1n) is 41.3. The van der Waals surface area contributed by atoms with Gasteiger partial charge in [0.2, 0.25) is 0 Å². The summed E-state index contributed by atoms with van der Waals surface area (Å²) >= 11 is 0. The van der Waals surface area contributed by atoms with Crippen LogP contribution in [0.4, 0.5) is 0 Å². The first kappa shape index (κ1) is 94.4. The Kier molecular flexibility index (Phi) is 74.7. The number of phosphoric ester groups is 1. The molecule has 1 N–H and O–H groups in total. The summed E-state index contributed by atoms with van der Waals surface area (Å²) in [5, 5.41) is 0. The Morgan fingerprint density at radius 2 is 0.551 bits per heavy atom. The van der Waals surface area contributed by atoms with Crippen LogP contribution in [0.2, 0.25) is 0 Å². The molecule has 0 spiro atoms. The van der Waals surface area contributed by atoms with Gasteiger partial charge in [-0.2, -0.15) is 0 Å². The van der Waals surface area contributed by atoms with Crippen molar-refractivity contribution in [1.29, 1.82) is 0 Å². The smallest absolute Gasteiger partial charge is 0.462 e. The second kappa shape index (κ2) is 77.6. The lowest BCUT2D eigenvalue weighted by molar-refractivity contribution is -0.870. The van der Waals surface area contributed by atoms with Crippen molar-refractivity contribution in [2.45, 2.75) is 380 Å². The lowest BCUT2D eigenvalue weighted by atomic mass is 10.0. The number of allylic oxidation sites excluding steroid dienone is 20. The van der Waals surface area contributed by atoms with Crippen molar-refractivity contribution in [3.63, 3.8) is 0 Å². The first-order chi connectivity index (χ1) is 48.0. The average molecular weight is 1390 g/mol. The van der Waals surface area contributed by atoms with E-state index in [1.807, 2.05) is 21.1 Å². The standard InChI is InChI=1S/C88H156NO8P/c1-6-8-10-12-14-16-18-20-22-24-26-28-30-32-34-36-38-40-42-43-44-45-47-49-51-53-55-57-59-61-63-65-67-69-71-73-75-77-79-81-88(91)97-86(85-96-98(92,93)95-83-82-89(3,4)5)84-94-87(90)80-78-76-74-72-70-68-66-64-62-60-58-56-54-52-50-48-46-41-39-37-35-33-31-29-27-25-23-21-19-17-15-13-11-9-7-2/h8-11,14-17,20-23,26-29,32,34,38,40,86H,6-7,12-13,18-19,24-25,30-31,33,35-37,39,41-85H2,1-5H3/p+1/b10-8-,11-9-,16-14-,17-15-,22-20-,23-21-,28-26-,29-27-,34-32-,40-38-. The van der Waals surface area contributed by atoms with Crippen molar-refractivity contribution < 1.29 is 42.1 Å². The Bertz CT molecular complexity index is 2070. The highest BCUT2D eigenvalue weighted by molar-refractivity contribution is 7.47. The molecule has 2 atom stereocenters. The molecular formula is C88H157NO8P+. The summed E-state index contributed by atoms with van der Waals surface area (Å²) < 4.78 is 34.9. The summed E-state index contributed by atoms with van der Waals surface area (Å²) in [5.41, 5.74) is 0. The average Bonchev–Trinajstić information content (AvgIpc) is 1.23. The van der Waals surface area contributed by atoms with E-state index in [0.29, 0.717) is 23.9 Å². The number of likely N-dealkylation sites (N-methyl/N-ethyl adjacent to an activating group) is 1. The van der Waals surface area contributed by atoms with Gasteiger partial charge in [-0.25, -0.2) is 4.57 Å². The number of phosphoric acid groups is 1. The van der Waals surface area contributed by atoms with Gasteiger partial charge in [0.1, 0.15) is 19.8 Å². The van der Waals surface area contributed by atoms with Crippen molar-refractivity contribution in [2.24, 2.45) is 0 Å². The number of carbonyl (C=O) groups excluding carboxylic acids is 2. The second-order valence-corrected chi connectivity index (χ2v) is 30.2. The molecule has 0 aromatic carbocycles. The first-order valence-corrected chi connectivity index (χ1v) is 42.8. The van der Waals surface area contributed by atoms with Crippen LogP contribution in [0.3, 0.4) is 0 Å². The summed E-state index contributed by atoms with van der Waals surface area (Å²) in [7, 11) is 1.49. The van der Waals surface area contributed by atoms with Gasteiger partial charge in [-0.1, -0.05) is 379 Å². The Morgan fingerprint density at radius 1 is 0.316 bits per heavy atom. The van der Waals surface area contributed by atoms with E-state index >= 15 is 0 Å². The Hall–Kier alpha value is -3.59. The molecule has 0 rings (SSSR count). The summed E-state index contributed by atoms with van der Waals surface area (Å²) in [6, 6.07) is 0. The maximum atomic E-state index is 12.9. The van der Waals surface area contributed by atoms with E-state index in [1.165, 1.54) is 244 Å². The van der Waals surface area contributed by atoms with Crippen molar-refractivity contribution in [2.75, 3.05) is 47.5 Å². The fourth-order valence-electron chi connectivity index (χ4n) is 11.8. The molecule has 0 saturated heterocycles. The summed E-state index contributed by atoms with van der Waals surface area (Å²) in [6.45, 7) is 4.26. The Morgan fingerprint density at radius 3 is 0.816 bits per heavy atom. The molecule has 0 amide bonds. The van der Waals surface area contributed by atoms with Gasteiger partial charge in [-0.15, -0.1) is 0 Å². The lowest BCUT2D eigenvalue weighted by Crippen LogP contribution is -2.37. The summed E-state index contributed by atoms with van der Waals surface area (Å²) in [5.74, 6) is -0.780. The molecule has 0 heterocycles. The van der Waals surface area contributed by atoms with E-state index in [0.717, 1.165) is 96.3 Å². The highest BCUT2D eigenvalue weighted by Crippen LogP contribution is 2.43. The molecule has 566 valence electrons. The highest BCUT2D eigenvalue weighted by atomic mass is 31.2. The van der Waals surface area contributed by atoms with Crippen molar-refractivity contribution in [3.8, 4) is 0 Å². The predicted molar refractivity (Wildman–Crippen MR) is 427 cm³/mol. The lowest BCUT2D eigenvalue weighted by Gasteiger charge is -2.24.